The predicted molar refractivity (Wildman–Crippen MR) is 125 cm³/mol. The molecule has 2 N–H and O–H groups in total. The SMILES string of the molecule is O=C(CCCc1c(-c2ccccn2)[nH]c2ccc(Cl)cc12)Nc1cc(Cl)ccc1Cl. The Balaban J connectivity index is 1.52. The van der Waals surface area contributed by atoms with Crippen LogP contribution in [0.3, 0.4) is 0 Å². The molecule has 0 aliphatic rings. The number of benzene rings is 2. The summed E-state index contributed by atoms with van der Waals surface area (Å²) in [5, 5.41) is 5.51. The summed E-state index contributed by atoms with van der Waals surface area (Å²) in [4.78, 5) is 20.3. The van der Waals surface area contributed by atoms with Gasteiger partial charge in [-0.3, -0.25) is 9.78 Å². The van der Waals surface area contributed by atoms with Gasteiger partial charge in [-0.25, -0.2) is 0 Å². The van der Waals surface area contributed by atoms with E-state index >= 15 is 0 Å². The summed E-state index contributed by atoms with van der Waals surface area (Å²) in [6.07, 6.45) is 3.46. The van der Waals surface area contributed by atoms with E-state index in [1.165, 1.54) is 0 Å². The quantitative estimate of drug-likeness (QED) is 0.322. The van der Waals surface area contributed by atoms with Crippen LogP contribution in [0.2, 0.25) is 15.1 Å². The fourth-order valence-electron chi connectivity index (χ4n) is 3.44. The van der Waals surface area contributed by atoms with Crippen molar-refractivity contribution < 1.29 is 4.79 Å². The molecule has 2 aromatic heterocycles. The maximum Gasteiger partial charge on any atom is 0.224 e. The Labute approximate surface area is 189 Å². The first kappa shape index (κ1) is 20.7. The Morgan fingerprint density at radius 1 is 1.00 bits per heavy atom. The van der Waals surface area contributed by atoms with Crippen LogP contribution in [0.5, 0.6) is 0 Å². The van der Waals surface area contributed by atoms with E-state index in [-0.39, 0.29) is 5.91 Å². The first-order valence-corrected chi connectivity index (χ1v) is 10.6. The van der Waals surface area contributed by atoms with E-state index in [0.29, 0.717) is 40.0 Å². The smallest absolute Gasteiger partial charge is 0.224 e. The number of fused-ring (bicyclic) bond motifs is 1. The molecule has 7 heteroatoms. The molecule has 0 aliphatic heterocycles. The van der Waals surface area contributed by atoms with Gasteiger partial charge in [0.05, 0.1) is 22.1 Å². The number of anilines is 1. The highest BCUT2D eigenvalue weighted by atomic mass is 35.5. The van der Waals surface area contributed by atoms with Crippen molar-refractivity contribution in [1.82, 2.24) is 9.97 Å². The van der Waals surface area contributed by atoms with E-state index in [2.05, 4.69) is 15.3 Å². The zero-order chi connectivity index (χ0) is 21.1. The Bertz CT molecular complexity index is 1210. The first-order chi connectivity index (χ1) is 14.5. The minimum atomic E-state index is -0.114. The average molecular weight is 459 g/mol. The second kappa shape index (κ2) is 9.09. The van der Waals surface area contributed by atoms with E-state index in [1.54, 1.807) is 24.4 Å². The van der Waals surface area contributed by atoms with Crippen LogP contribution in [0.15, 0.2) is 60.8 Å². The van der Waals surface area contributed by atoms with Crippen LogP contribution >= 0.6 is 34.8 Å². The number of carbonyl (C=O) groups is 1. The number of halogens is 3. The normalized spacial score (nSPS) is 11.0. The molecule has 2 aromatic carbocycles. The molecule has 152 valence electrons. The van der Waals surface area contributed by atoms with Crippen molar-refractivity contribution >= 4 is 57.3 Å². The van der Waals surface area contributed by atoms with Crippen molar-refractivity contribution in [2.45, 2.75) is 19.3 Å². The van der Waals surface area contributed by atoms with Gasteiger partial charge in [0.1, 0.15) is 0 Å². The van der Waals surface area contributed by atoms with Gasteiger partial charge in [0, 0.05) is 33.6 Å². The first-order valence-electron chi connectivity index (χ1n) is 9.47. The topological polar surface area (TPSA) is 57.8 Å². The molecule has 0 atom stereocenters. The molecule has 0 fully saturated rings. The lowest BCUT2D eigenvalue weighted by atomic mass is 10.0. The van der Waals surface area contributed by atoms with Crippen molar-refractivity contribution in [2.24, 2.45) is 0 Å². The number of aromatic nitrogens is 2. The van der Waals surface area contributed by atoms with Gasteiger partial charge in [-0.2, -0.15) is 0 Å². The standard InChI is InChI=1S/C23H18Cl3N3O/c24-14-8-10-19-17(12-14)16(23(29-19)20-5-1-2-11-27-20)4-3-6-22(30)28-21-13-15(25)7-9-18(21)26/h1-2,5,7-13,29H,3-4,6H2,(H,28,30). The Morgan fingerprint density at radius 2 is 1.80 bits per heavy atom. The number of rotatable bonds is 6. The van der Waals surface area contributed by atoms with Gasteiger partial charge < -0.3 is 10.3 Å². The number of hydrogen-bond donors (Lipinski definition) is 2. The zero-order valence-corrected chi connectivity index (χ0v) is 18.2. The van der Waals surface area contributed by atoms with E-state index < -0.39 is 0 Å². The molecule has 0 spiro atoms. The number of aromatic amines is 1. The fourth-order valence-corrected chi connectivity index (χ4v) is 3.95. The van der Waals surface area contributed by atoms with Crippen molar-refractivity contribution in [3.05, 3.63) is 81.4 Å². The number of aryl methyl sites for hydroxylation is 1. The second-order valence-corrected chi connectivity index (χ2v) is 8.19. The van der Waals surface area contributed by atoms with Gasteiger partial charge in [-0.15, -0.1) is 0 Å². The third-order valence-electron chi connectivity index (χ3n) is 4.82. The van der Waals surface area contributed by atoms with Gasteiger partial charge in [0.15, 0.2) is 0 Å². The van der Waals surface area contributed by atoms with Crippen molar-refractivity contribution in [3.63, 3.8) is 0 Å². The summed E-state index contributed by atoms with van der Waals surface area (Å²) in [7, 11) is 0. The maximum atomic E-state index is 12.4. The largest absolute Gasteiger partial charge is 0.353 e. The molecule has 0 unspecified atom stereocenters. The molecule has 0 radical (unpaired) electrons. The number of carbonyl (C=O) groups excluding carboxylic acids is 1. The zero-order valence-electron chi connectivity index (χ0n) is 15.9. The summed E-state index contributed by atoms with van der Waals surface area (Å²) >= 11 is 18.3. The van der Waals surface area contributed by atoms with E-state index in [4.69, 9.17) is 34.8 Å². The molecule has 4 rings (SSSR count). The van der Waals surface area contributed by atoms with Gasteiger partial charge in [0.25, 0.3) is 0 Å². The summed E-state index contributed by atoms with van der Waals surface area (Å²) < 4.78 is 0. The number of nitrogens with one attached hydrogen (secondary N) is 2. The van der Waals surface area contributed by atoms with Gasteiger partial charge in [0.2, 0.25) is 5.91 Å². The van der Waals surface area contributed by atoms with Crippen LogP contribution in [0.4, 0.5) is 5.69 Å². The fraction of sp³-hybridized carbons (Fsp3) is 0.130. The van der Waals surface area contributed by atoms with Crippen LogP contribution in [-0.2, 0) is 11.2 Å². The molecule has 0 bridgehead atoms. The van der Waals surface area contributed by atoms with Crippen molar-refractivity contribution in [3.8, 4) is 11.4 Å². The number of hydrogen-bond acceptors (Lipinski definition) is 2. The molecule has 2 heterocycles. The van der Waals surface area contributed by atoms with Gasteiger partial charge in [-0.1, -0.05) is 40.9 Å². The van der Waals surface area contributed by atoms with Crippen LogP contribution in [0, 0.1) is 0 Å². The van der Waals surface area contributed by atoms with E-state index in [0.717, 1.165) is 27.9 Å². The van der Waals surface area contributed by atoms with Crippen LogP contribution < -0.4 is 5.32 Å². The summed E-state index contributed by atoms with van der Waals surface area (Å²) in [5.41, 5.74) is 4.41. The number of pyridine rings is 1. The van der Waals surface area contributed by atoms with Gasteiger partial charge >= 0.3 is 0 Å². The Hall–Kier alpha value is -2.53. The average Bonchev–Trinajstić information content (AvgIpc) is 3.09. The highest BCUT2D eigenvalue weighted by Crippen LogP contribution is 2.32. The van der Waals surface area contributed by atoms with E-state index in [9.17, 15) is 4.79 Å². The lowest BCUT2D eigenvalue weighted by molar-refractivity contribution is -0.116. The second-order valence-electron chi connectivity index (χ2n) is 6.91. The van der Waals surface area contributed by atoms with Gasteiger partial charge in [-0.05, 0) is 66.9 Å². The third-order valence-corrected chi connectivity index (χ3v) is 5.62. The molecular weight excluding hydrogens is 441 g/mol. The summed E-state index contributed by atoms with van der Waals surface area (Å²) in [6.45, 7) is 0. The van der Waals surface area contributed by atoms with Crippen LogP contribution in [-0.4, -0.2) is 15.9 Å². The molecular formula is C23H18Cl3N3O. The Morgan fingerprint density at radius 3 is 2.60 bits per heavy atom. The lowest BCUT2D eigenvalue weighted by Crippen LogP contribution is -2.12. The Kier molecular flexibility index (Phi) is 6.28. The minimum absolute atomic E-state index is 0.114. The van der Waals surface area contributed by atoms with Crippen molar-refractivity contribution in [1.29, 1.82) is 0 Å². The monoisotopic (exact) mass is 457 g/mol. The van der Waals surface area contributed by atoms with Crippen LogP contribution in [0.1, 0.15) is 18.4 Å². The molecule has 4 nitrogen and oxygen atoms in total. The van der Waals surface area contributed by atoms with Crippen molar-refractivity contribution in [2.75, 3.05) is 5.32 Å². The summed E-state index contributed by atoms with van der Waals surface area (Å²) in [5.74, 6) is -0.114. The number of H-pyrrole nitrogens is 1. The molecule has 4 aromatic rings. The molecule has 30 heavy (non-hydrogen) atoms. The maximum absolute atomic E-state index is 12.4. The molecule has 0 saturated heterocycles. The molecule has 1 amide bonds. The minimum Gasteiger partial charge on any atom is -0.353 e. The third kappa shape index (κ3) is 4.62. The predicted octanol–water partition coefficient (Wildman–Crippen LogP) is 7.15. The highest BCUT2D eigenvalue weighted by molar-refractivity contribution is 6.35. The molecule has 0 aliphatic carbocycles. The lowest BCUT2D eigenvalue weighted by Gasteiger charge is -2.08. The highest BCUT2D eigenvalue weighted by Gasteiger charge is 2.15. The van der Waals surface area contributed by atoms with E-state index in [1.807, 2.05) is 36.4 Å². The summed E-state index contributed by atoms with van der Waals surface area (Å²) in [6, 6.07) is 16.5. The number of amides is 1. The number of nitrogens with zero attached hydrogens (tertiary/aromatic N) is 1. The molecule has 0 saturated carbocycles. The van der Waals surface area contributed by atoms with Crippen LogP contribution in [0.25, 0.3) is 22.3 Å².